The summed E-state index contributed by atoms with van der Waals surface area (Å²) in [4.78, 5) is 0. The fourth-order valence-corrected chi connectivity index (χ4v) is 14.4. The van der Waals surface area contributed by atoms with Gasteiger partial charge in [-0.3, -0.25) is 0 Å². The average Bonchev–Trinajstić information content (AvgIpc) is 2.69. The van der Waals surface area contributed by atoms with Crippen LogP contribution in [0.3, 0.4) is 0 Å². The minimum atomic E-state index is -2.27. The second kappa shape index (κ2) is 12.7. The molecular formula is C22H46O3Si4. The van der Waals surface area contributed by atoms with Gasteiger partial charge in [0.2, 0.25) is 8.32 Å². The highest BCUT2D eigenvalue weighted by Gasteiger charge is 2.43. The van der Waals surface area contributed by atoms with Gasteiger partial charge >= 0.3 is 0 Å². The Bertz CT molecular complexity index is 572. The summed E-state index contributed by atoms with van der Waals surface area (Å²) in [6.07, 6.45) is 2.41. The van der Waals surface area contributed by atoms with Crippen LogP contribution in [0.15, 0.2) is 30.3 Å². The average molecular weight is 471 g/mol. The summed E-state index contributed by atoms with van der Waals surface area (Å²) < 4.78 is 20.2. The molecule has 0 radical (unpaired) electrons. The Kier molecular flexibility index (Phi) is 11.9. The van der Waals surface area contributed by atoms with Crippen molar-refractivity contribution in [3.63, 3.8) is 0 Å². The third kappa shape index (κ3) is 7.87. The molecule has 1 aromatic rings. The Labute approximate surface area is 186 Å². The maximum Gasteiger partial charge on any atom is 0.248 e. The molecule has 0 amide bonds. The largest absolute Gasteiger partial charge is 0.420 e. The van der Waals surface area contributed by atoms with Gasteiger partial charge in [0.05, 0.1) is 14.5 Å². The molecule has 7 heteroatoms. The Balaban J connectivity index is 3.08. The van der Waals surface area contributed by atoms with E-state index in [0.717, 1.165) is 12.8 Å². The first-order valence-corrected chi connectivity index (χ1v) is 22.1. The monoisotopic (exact) mass is 470 g/mol. The van der Waals surface area contributed by atoms with Crippen LogP contribution >= 0.6 is 0 Å². The van der Waals surface area contributed by atoms with Crippen molar-refractivity contribution < 1.29 is 13.3 Å². The normalized spacial score (nSPS) is 19.6. The van der Waals surface area contributed by atoms with Crippen LogP contribution in [0.25, 0.3) is 0 Å². The summed E-state index contributed by atoms with van der Waals surface area (Å²) in [7, 11) is -5.54. The van der Waals surface area contributed by atoms with E-state index in [0.29, 0.717) is 11.3 Å². The molecule has 6 atom stereocenters. The van der Waals surface area contributed by atoms with Crippen molar-refractivity contribution in [2.45, 2.75) is 103 Å². The van der Waals surface area contributed by atoms with Crippen LogP contribution in [-0.2, 0) is 13.3 Å². The van der Waals surface area contributed by atoms with Crippen LogP contribution in [0.1, 0.15) is 40.5 Å². The quantitative estimate of drug-likeness (QED) is 0.389. The molecule has 0 heterocycles. The van der Waals surface area contributed by atoms with Crippen molar-refractivity contribution >= 4 is 40.4 Å². The minimum Gasteiger partial charge on any atom is -0.420 e. The van der Waals surface area contributed by atoms with Gasteiger partial charge in [-0.15, -0.1) is 0 Å². The third-order valence-electron chi connectivity index (χ3n) is 6.26. The van der Waals surface area contributed by atoms with Gasteiger partial charge in [-0.1, -0.05) is 64.2 Å². The van der Waals surface area contributed by atoms with Crippen LogP contribution in [0.2, 0.25) is 44.8 Å². The maximum absolute atomic E-state index is 7.10. The maximum atomic E-state index is 7.10. The summed E-state index contributed by atoms with van der Waals surface area (Å²) in [6, 6.07) is 10.8. The number of benzene rings is 1. The summed E-state index contributed by atoms with van der Waals surface area (Å²) >= 11 is 0. The summed E-state index contributed by atoms with van der Waals surface area (Å²) in [5.74, 6) is 0. The molecule has 0 saturated carbocycles. The predicted octanol–water partition coefficient (Wildman–Crippen LogP) is 4.76. The van der Waals surface area contributed by atoms with Crippen molar-refractivity contribution in [3.05, 3.63) is 30.3 Å². The molecular weight excluding hydrogens is 425 g/mol. The molecule has 29 heavy (non-hydrogen) atoms. The van der Waals surface area contributed by atoms with Gasteiger partial charge in [-0.2, -0.15) is 0 Å². The Morgan fingerprint density at radius 3 is 1.93 bits per heavy atom. The van der Waals surface area contributed by atoms with Crippen molar-refractivity contribution in [1.29, 1.82) is 0 Å². The highest BCUT2D eigenvalue weighted by molar-refractivity contribution is 6.87. The third-order valence-corrected chi connectivity index (χ3v) is 16.6. The zero-order valence-electron chi connectivity index (χ0n) is 20.6. The van der Waals surface area contributed by atoms with E-state index in [1.165, 1.54) is 5.19 Å². The summed E-state index contributed by atoms with van der Waals surface area (Å²) in [5.41, 5.74) is 1.14. The van der Waals surface area contributed by atoms with E-state index in [-0.39, 0.29) is 11.8 Å². The van der Waals surface area contributed by atoms with Crippen LogP contribution in [0.4, 0.5) is 0 Å². The molecule has 0 aromatic heterocycles. The van der Waals surface area contributed by atoms with Crippen LogP contribution < -0.4 is 5.19 Å². The van der Waals surface area contributed by atoms with E-state index in [9.17, 15) is 0 Å². The van der Waals surface area contributed by atoms with Gasteiger partial charge in [0.1, 0.15) is 0 Å². The van der Waals surface area contributed by atoms with E-state index in [1.807, 2.05) is 0 Å². The lowest BCUT2D eigenvalue weighted by atomic mass is 10.2. The molecule has 0 spiro atoms. The van der Waals surface area contributed by atoms with Gasteiger partial charge in [-0.25, -0.2) is 0 Å². The van der Waals surface area contributed by atoms with Crippen LogP contribution in [0, 0.1) is 0 Å². The van der Waals surface area contributed by atoms with E-state index in [2.05, 4.69) is 97.3 Å². The lowest BCUT2D eigenvalue weighted by Gasteiger charge is -2.41. The topological polar surface area (TPSA) is 27.7 Å². The zero-order valence-corrected chi connectivity index (χ0v) is 25.0. The van der Waals surface area contributed by atoms with Crippen LogP contribution in [-0.4, -0.2) is 52.8 Å². The van der Waals surface area contributed by atoms with E-state index < -0.39 is 35.2 Å². The van der Waals surface area contributed by atoms with Gasteiger partial charge in [0.25, 0.3) is 0 Å². The molecule has 0 aliphatic heterocycles. The Hall–Kier alpha value is -0.0325. The lowest BCUT2D eigenvalue weighted by molar-refractivity contribution is 0.146. The van der Waals surface area contributed by atoms with E-state index in [4.69, 9.17) is 13.3 Å². The fourth-order valence-electron chi connectivity index (χ4n) is 4.01. The molecule has 0 aliphatic carbocycles. The SMILES string of the molecule is CCC(O[Si](C)(c1ccccc1)C(C)O[SiH](C)C)C(C)[SiH](C)OC(CC)[SiH](C)C. The highest BCUT2D eigenvalue weighted by atomic mass is 28.4. The van der Waals surface area contributed by atoms with Crippen molar-refractivity contribution in [2.24, 2.45) is 0 Å². The molecule has 1 aromatic carbocycles. The Morgan fingerprint density at radius 2 is 1.48 bits per heavy atom. The highest BCUT2D eigenvalue weighted by Crippen LogP contribution is 2.28. The molecule has 0 bridgehead atoms. The second-order valence-corrected chi connectivity index (χ2v) is 21.4. The minimum absolute atomic E-state index is 0.155. The molecule has 6 unspecified atom stereocenters. The second-order valence-electron chi connectivity index (χ2n) is 9.26. The molecule has 0 aliphatic rings. The van der Waals surface area contributed by atoms with Crippen molar-refractivity contribution in [3.8, 4) is 0 Å². The summed E-state index contributed by atoms with van der Waals surface area (Å²) in [5, 5.41) is 1.34. The summed E-state index contributed by atoms with van der Waals surface area (Å²) in [6.45, 7) is 23.2. The van der Waals surface area contributed by atoms with Crippen molar-refractivity contribution in [2.75, 3.05) is 0 Å². The van der Waals surface area contributed by atoms with Gasteiger partial charge in [0, 0.05) is 11.8 Å². The predicted molar refractivity (Wildman–Crippen MR) is 139 cm³/mol. The molecule has 0 N–H and O–H groups in total. The number of hydrogen-bond acceptors (Lipinski definition) is 3. The van der Waals surface area contributed by atoms with Gasteiger partial charge in [0.15, 0.2) is 18.1 Å². The first-order valence-electron chi connectivity index (χ1n) is 11.6. The van der Waals surface area contributed by atoms with Gasteiger partial charge in [-0.05, 0) is 56.7 Å². The molecule has 0 saturated heterocycles. The zero-order chi connectivity index (χ0) is 22.2. The number of rotatable bonds is 13. The molecule has 168 valence electrons. The first-order chi connectivity index (χ1) is 13.6. The fraction of sp³-hybridized carbons (Fsp3) is 0.727. The Morgan fingerprint density at radius 1 is 0.897 bits per heavy atom. The van der Waals surface area contributed by atoms with E-state index >= 15 is 0 Å². The standard InChI is InChI=1S/C22H46O3Si4/c1-11-21(18(3)28(9)24-22(12-2)26(5)6)25-29(10,19(4)23-27(7)8)20-16-14-13-15-17-20/h13-19,21-22,26-28H,11-12H2,1-10H3. The van der Waals surface area contributed by atoms with Crippen LogP contribution in [0.5, 0.6) is 0 Å². The van der Waals surface area contributed by atoms with Gasteiger partial charge < -0.3 is 13.3 Å². The van der Waals surface area contributed by atoms with Crippen molar-refractivity contribution in [1.82, 2.24) is 0 Å². The first kappa shape index (κ1) is 27.0. The molecule has 1 rings (SSSR count). The lowest BCUT2D eigenvalue weighted by Crippen LogP contribution is -2.60. The number of hydrogen-bond donors (Lipinski definition) is 0. The smallest absolute Gasteiger partial charge is 0.248 e. The van der Waals surface area contributed by atoms with E-state index in [1.54, 1.807) is 0 Å². The molecule has 0 fully saturated rings. The molecule has 3 nitrogen and oxygen atoms in total.